The van der Waals surface area contributed by atoms with Crippen molar-refractivity contribution < 1.29 is 4.74 Å². The van der Waals surface area contributed by atoms with Gasteiger partial charge in [-0.3, -0.25) is 0 Å². The summed E-state index contributed by atoms with van der Waals surface area (Å²) < 4.78 is 5.37. The number of ether oxygens (including phenoxy) is 1. The number of fused-ring (bicyclic) bond motifs is 1. The van der Waals surface area contributed by atoms with E-state index in [4.69, 9.17) is 16.3 Å². The second-order valence-corrected chi connectivity index (χ2v) is 4.41. The fourth-order valence-electron chi connectivity index (χ4n) is 1.24. The number of hydrogen-bond donors (Lipinski definition) is 0. The molecule has 2 rings (SSSR count). The molecule has 0 unspecified atom stereocenters. The zero-order valence-electron chi connectivity index (χ0n) is 8.81. The van der Waals surface area contributed by atoms with E-state index >= 15 is 0 Å². The third-order valence-electron chi connectivity index (χ3n) is 2.01. The molecule has 0 spiro atoms. The zero-order valence-corrected chi connectivity index (χ0v) is 10.4. The summed E-state index contributed by atoms with van der Waals surface area (Å²) in [7, 11) is 0. The minimum atomic E-state index is 0.387. The summed E-state index contributed by atoms with van der Waals surface area (Å²) in [6.07, 6.45) is 3.88. The van der Waals surface area contributed by atoms with Gasteiger partial charge < -0.3 is 4.74 Å². The van der Waals surface area contributed by atoms with Gasteiger partial charge in [0.05, 0.1) is 6.61 Å². The average Bonchev–Trinajstić information content (AvgIpc) is 2.73. The van der Waals surface area contributed by atoms with Gasteiger partial charge >= 0.3 is 0 Å². The molecule has 0 bridgehead atoms. The van der Waals surface area contributed by atoms with Crippen LogP contribution in [0.2, 0.25) is 5.15 Å². The largest absolute Gasteiger partial charge is 0.369 e. The predicted octanol–water partition coefficient (Wildman–Crippen LogP) is 3.44. The molecule has 0 amide bonds. The molecule has 0 aliphatic carbocycles. The van der Waals surface area contributed by atoms with Crippen molar-refractivity contribution in [2.75, 3.05) is 6.61 Å². The molecular formula is C11H11ClN2OS. The van der Waals surface area contributed by atoms with E-state index < -0.39 is 0 Å². The topological polar surface area (TPSA) is 35.0 Å². The molecular weight excluding hydrogens is 244 g/mol. The van der Waals surface area contributed by atoms with Crippen molar-refractivity contribution in [2.24, 2.45) is 0 Å². The van der Waals surface area contributed by atoms with E-state index in [2.05, 4.69) is 9.97 Å². The van der Waals surface area contributed by atoms with Crippen LogP contribution in [0.5, 0.6) is 0 Å². The number of aromatic nitrogens is 2. The highest BCUT2D eigenvalue weighted by atomic mass is 35.5. The standard InChI is InChI=1S/C11H11ClN2OS/c1-2-3-5-15-7-9-13-10(12)8-4-6-16-11(8)14-9/h2-4,6H,5,7H2,1H3. The van der Waals surface area contributed by atoms with Crippen LogP contribution in [0.4, 0.5) is 0 Å². The highest BCUT2D eigenvalue weighted by Crippen LogP contribution is 2.24. The van der Waals surface area contributed by atoms with E-state index in [1.807, 2.05) is 30.5 Å². The molecule has 0 saturated carbocycles. The molecule has 0 atom stereocenters. The van der Waals surface area contributed by atoms with Crippen molar-refractivity contribution in [3.8, 4) is 0 Å². The SMILES string of the molecule is CC=CCOCc1nc(Cl)c2ccsc2n1. The Morgan fingerprint density at radius 2 is 2.38 bits per heavy atom. The molecule has 0 fully saturated rings. The second-order valence-electron chi connectivity index (χ2n) is 3.15. The lowest BCUT2D eigenvalue weighted by molar-refractivity contribution is 0.143. The van der Waals surface area contributed by atoms with Crippen molar-refractivity contribution in [3.05, 3.63) is 34.6 Å². The number of hydrogen-bond acceptors (Lipinski definition) is 4. The molecule has 0 aliphatic rings. The summed E-state index contributed by atoms with van der Waals surface area (Å²) in [6, 6.07) is 1.92. The van der Waals surface area contributed by atoms with Crippen molar-refractivity contribution >= 4 is 33.2 Å². The van der Waals surface area contributed by atoms with Crippen LogP contribution < -0.4 is 0 Å². The number of allylic oxidation sites excluding steroid dienone is 1. The van der Waals surface area contributed by atoms with E-state index in [0.717, 1.165) is 10.2 Å². The molecule has 16 heavy (non-hydrogen) atoms. The number of nitrogens with zero attached hydrogens (tertiary/aromatic N) is 2. The highest BCUT2D eigenvalue weighted by Gasteiger charge is 2.06. The predicted molar refractivity (Wildman–Crippen MR) is 66.9 cm³/mol. The summed E-state index contributed by atoms with van der Waals surface area (Å²) in [5.41, 5.74) is 0. The van der Waals surface area contributed by atoms with Gasteiger partial charge in [0.25, 0.3) is 0 Å². The van der Waals surface area contributed by atoms with Gasteiger partial charge in [-0.1, -0.05) is 23.8 Å². The van der Waals surface area contributed by atoms with Crippen LogP contribution in [0.15, 0.2) is 23.6 Å². The molecule has 0 saturated heterocycles. The number of rotatable bonds is 4. The van der Waals surface area contributed by atoms with Gasteiger partial charge in [0.2, 0.25) is 0 Å². The van der Waals surface area contributed by atoms with E-state index in [1.165, 1.54) is 0 Å². The van der Waals surface area contributed by atoms with Crippen LogP contribution in [-0.4, -0.2) is 16.6 Å². The van der Waals surface area contributed by atoms with Gasteiger partial charge in [0.1, 0.15) is 16.6 Å². The van der Waals surface area contributed by atoms with Gasteiger partial charge in [-0.05, 0) is 18.4 Å². The lowest BCUT2D eigenvalue weighted by Crippen LogP contribution is -1.99. The molecule has 0 aromatic carbocycles. The second kappa shape index (κ2) is 5.39. The van der Waals surface area contributed by atoms with Crippen LogP contribution in [0.25, 0.3) is 10.2 Å². The van der Waals surface area contributed by atoms with E-state index in [0.29, 0.717) is 24.2 Å². The molecule has 2 aromatic rings. The Balaban J connectivity index is 2.12. The lowest BCUT2D eigenvalue weighted by Gasteiger charge is -2.01. The summed E-state index contributed by atoms with van der Waals surface area (Å²) in [6.45, 7) is 2.91. The zero-order chi connectivity index (χ0) is 11.4. The van der Waals surface area contributed by atoms with Gasteiger partial charge in [-0.2, -0.15) is 0 Å². The first-order valence-corrected chi connectivity index (χ1v) is 6.15. The molecule has 0 aliphatic heterocycles. The van der Waals surface area contributed by atoms with Gasteiger partial charge in [0.15, 0.2) is 5.82 Å². The van der Waals surface area contributed by atoms with E-state index in [9.17, 15) is 0 Å². The van der Waals surface area contributed by atoms with Crippen molar-refractivity contribution in [1.82, 2.24) is 9.97 Å². The molecule has 0 radical (unpaired) electrons. The van der Waals surface area contributed by atoms with E-state index in [-0.39, 0.29) is 0 Å². The Bertz CT molecular complexity index is 510. The molecule has 2 aromatic heterocycles. The third kappa shape index (κ3) is 2.58. The summed E-state index contributed by atoms with van der Waals surface area (Å²) in [4.78, 5) is 9.46. The van der Waals surface area contributed by atoms with Gasteiger partial charge in [0, 0.05) is 5.39 Å². The van der Waals surface area contributed by atoms with E-state index in [1.54, 1.807) is 11.3 Å². The van der Waals surface area contributed by atoms with Crippen LogP contribution in [-0.2, 0) is 11.3 Å². The smallest absolute Gasteiger partial charge is 0.157 e. The molecule has 3 nitrogen and oxygen atoms in total. The fourth-order valence-corrected chi connectivity index (χ4v) is 2.33. The Hall–Kier alpha value is -0.970. The third-order valence-corrected chi connectivity index (χ3v) is 3.10. The Morgan fingerprint density at radius 1 is 1.50 bits per heavy atom. The number of halogens is 1. The van der Waals surface area contributed by atoms with Crippen LogP contribution >= 0.6 is 22.9 Å². The highest BCUT2D eigenvalue weighted by molar-refractivity contribution is 7.16. The first-order chi connectivity index (χ1) is 7.81. The van der Waals surface area contributed by atoms with Gasteiger partial charge in [-0.25, -0.2) is 9.97 Å². The Kier molecular flexibility index (Phi) is 3.88. The summed E-state index contributed by atoms with van der Waals surface area (Å²) in [5.74, 6) is 0.629. The normalized spacial score (nSPS) is 11.6. The summed E-state index contributed by atoms with van der Waals surface area (Å²) in [5, 5.41) is 3.36. The van der Waals surface area contributed by atoms with Crippen molar-refractivity contribution in [1.29, 1.82) is 0 Å². The first-order valence-electron chi connectivity index (χ1n) is 4.90. The Morgan fingerprint density at radius 3 is 3.19 bits per heavy atom. The van der Waals surface area contributed by atoms with Crippen molar-refractivity contribution in [3.63, 3.8) is 0 Å². The molecule has 5 heteroatoms. The molecule has 2 heterocycles. The van der Waals surface area contributed by atoms with Crippen LogP contribution in [0, 0.1) is 0 Å². The lowest BCUT2D eigenvalue weighted by atomic mass is 10.4. The maximum Gasteiger partial charge on any atom is 0.157 e. The maximum atomic E-state index is 6.03. The first kappa shape index (κ1) is 11.5. The Labute approximate surface area is 103 Å². The maximum absolute atomic E-state index is 6.03. The fraction of sp³-hybridized carbons (Fsp3) is 0.273. The summed E-state index contributed by atoms with van der Waals surface area (Å²) >= 11 is 7.58. The average molecular weight is 255 g/mol. The monoisotopic (exact) mass is 254 g/mol. The number of thiophene rings is 1. The van der Waals surface area contributed by atoms with Crippen molar-refractivity contribution in [2.45, 2.75) is 13.5 Å². The van der Waals surface area contributed by atoms with Gasteiger partial charge in [-0.15, -0.1) is 11.3 Å². The quantitative estimate of drug-likeness (QED) is 0.476. The minimum absolute atomic E-state index is 0.387. The molecule has 84 valence electrons. The molecule has 0 N–H and O–H groups in total. The van der Waals surface area contributed by atoms with Crippen LogP contribution in [0.1, 0.15) is 12.7 Å². The minimum Gasteiger partial charge on any atom is -0.369 e. The van der Waals surface area contributed by atoms with Crippen LogP contribution in [0.3, 0.4) is 0 Å².